The summed E-state index contributed by atoms with van der Waals surface area (Å²) in [6.45, 7) is 0.391. The highest BCUT2D eigenvalue weighted by molar-refractivity contribution is 9.10. The van der Waals surface area contributed by atoms with Crippen LogP contribution < -0.4 is 15.2 Å². The van der Waals surface area contributed by atoms with Gasteiger partial charge in [0.15, 0.2) is 11.5 Å². The Morgan fingerprint density at radius 2 is 1.95 bits per heavy atom. The normalized spacial score (nSPS) is 10.6. The minimum atomic E-state index is 0.391. The summed E-state index contributed by atoms with van der Waals surface area (Å²) < 4.78 is 13.4. The zero-order valence-electron chi connectivity index (χ0n) is 11.1. The van der Waals surface area contributed by atoms with Crippen molar-refractivity contribution in [1.29, 1.82) is 0 Å². The second-order valence-corrected chi connectivity index (χ2v) is 4.76. The molecule has 0 unspecified atom stereocenters. The van der Waals surface area contributed by atoms with E-state index in [9.17, 15) is 0 Å². The van der Waals surface area contributed by atoms with Crippen LogP contribution in [0, 0.1) is 0 Å². The van der Waals surface area contributed by atoms with Gasteiger partial charge in [0.05, 0.1) is 19.9 Å². The standard InChI is InChI=1S/C13H16BrN3O2/c1-17-12(14)9(7-15)16-13(17)8-4-5-10(18-2)11(6-8)19-3/h4-6H,7,15H2,1-3H3. The van der Waals surface area contributed by atoms with Crippen LogP contribution in [0.2, 0.25) is 0 Å². The highest BCUT2D eigenvalue weighted by atomic mass is 79.9. The van der Waals surface area contributed by atoms with Gasteiger partial charge in [0.25, 0.3) is 0 Å². The summed E-state index contributed by atoms with van der Waals surface area (Å²) >= 11 is 3.49. The lowest BCUT2D eigenvalue weighted by atomic mass is 10.2. The molecule has 0 saturated carbocycles. The van der Waals surface area contributed by atoms with Gasteiger partial charge in [-0.15, -0.1) is 0 Å². The molecule has 0 bridgehead atoms. The summed E-state index contributed by atoms with van der Waals surface area (Å²) in [4.78, 5) is 4.52. The third-order valence-corrected chi connectivity index (χ3v) is 3.92. The van der Waals surface area contributed by atoms with Crippen LogP contribution >= 0.6 is 15.9 Å². The van der Waals surface area contributed by atoms with Crippen molar-refractivity contribution >= 4 is 15.9 Å². The number of nitrogens with zero attached hydrogens (tertiary/aromatic N) is 2. The van der Waals surface area contributed by atoms with Crippen molar-refractivity contribution in [1.82, 2.24) is 9.55 Å². The highest BCUT2D eigenvalue weighted by Crippen LogP contribution is 2.33. The molecule has 0 saturated heterocycles. The van der Waals surface area contributed by atoms with Gasteiger partial charge in [-0.05, 0) is 34.1 Å². The molecular weight excluding hydrogens is 310 g/mol. The number of nitrogens with two attached hydrogens (primary N) is 1. The first-order valence-electron chi connectivity index (χ1n) is 5.76. The van der Waals surface area contributed by atoms with E-state index in [0.29, 0.717) is 18.0 Å². The fourth-order valence-corrected chi connectivity index (χ4v) is 2.32. The quantitative estimate of drug-likeness (QED) is 0.937. The fraction of sp³-hybridized carbons (Fsp3) is 0.308. The average molecular weight is 326 g/mol. The molecular formula is C13H16BrN3O2. The van der Waals surface area contributed by atoms with Gasteiger partial charge in [-0.25, -0.2) is 4.98 Å². The lowest BCUT2D eigenvalue weighted by molar-refractivity contribution is 0.355. The van der Waals surface area contributed by atoms with Gasteiger partial charge in [0, 0.05) is 19.2 Å². The van der Waals surface area contributed by atoms with Crippen LogP contribution in [0.15, 0.2) is 22.8 Å². The van der Waals surface area contributed by atoms with Crippen LogP contribution in [0.4, 0.5) is 0 Å². The Bertz CT molecular complexity index is 596. The van der Waals surface area contributed by atoms with Crippen LogP contribution in [0.5, 0.6) is 11.5 Å². The van der Waals surface area contributed by atoms with Crippen molar-refractivity contribution in [2.75, 3.05) is 14.2 Å². The predicted molar refractivity (Wildman–Crippen MR) is 77.3 cm³/mol. The van der Waals surface area contributed by atoms with Gasteiger partial charge < -0.3 is 19.8 Å². The number of hydrogen-bond donors (Lipinski definition) is 1. The molecule has 5 nitrogen and oxygen atoms in total. The zero-order valence-corrected chi connectivity index (χ0v) is 12.7. The van der Waals surface area contributed by atoms with Crippen molar-refractivity contribution in [3.63, 3.8) is 0 Å². The summed E-state index contributed by atoms with van der Waals surface area (Å²) in [5.41, 5.74) is 7.43. The Morgan fingerprint density at radius 1 is 1.26 bits per heavy atom. The summed E-state index contributed by atoms with van der Waals surface area (Å²) in [5, 5.41) is 0. The molecule has 1 aromatic heterocycles. The summed E-state index contributed by atoms with van der Waals surface area (Å²) in [6.07, 6.45) is 0. The van der Waals surface area contributed by atoms with Crippen molar-refractivity contribution in [3.05, 3.63) is 28.5 Å². The lowest BCUT2D eigenvalue weighted by Crippen LogP contribution is -1.97. The van der Waals surface area contributed by atoms with Gasteiger partial charge in [-0.1, -0.05) is 0 Å². The first-order chi connectivity index (χ1) is 9.12. The lowest BCUT2D eigenvalue weighted by Gasteiger charge is -2.09. The smallest absolute Gasteiger partial charge is 0.161 e. The number of methoxy groups -OCH3 is 2. The molecule has 0 aliphatic heterocycles. The maximum Gasteiger partial charge on any atom is 0.161 e. The molecule has 0 aliphatic rings. The molecule has 1 aromatic carbocycles. The first-order valence-corrected chi connectivity index (χ1v) is 6.55. The Morgan fingerprint density at radius 3 is 2.47 bits per heavy atom. The van der Waals surface area contributed by atoms with Crippen LogP contribution in [-0.2, 0) is 13.6 Å². The third kappa shape index (κ3) is 2.46. The number of rotatable bonds is 4. The van der Waals surface area contributed by atoms with Gasteiger partial charge >= 0.3 is 0 Å². The third-order valence-electron chi connectivity index (χ3n) is 2.93. The topological polar surface area (TPSA) is 62.3 Å². The molecule has 0 amide bonds. The molecule has 6 heteroatoms. The monoisotopic (exact) mass is 325 g/mol. The van der Waals surface area contributed by atoms with E-state index in [4.69, 9.17) is 15.2 Å². The Balaban J connectivity index is 2.53. The number of imidazole rings is 1. The van der Waals surface area contributed by atoms with E-state index in [2.05, 4.69) is 20.9 Å². The number of halogens is 1. The number of aromatic nitrogens is 2. The Hall–Kier alpha value is -1.53. The minimum absolute atomic E-state index is 0.391. The Kier molecular flexibility index (Phi) is 4.11. The molecule has 2 rings (SSSR count). The maximum atomic E-state index is 5.66. The van der Waals surface area contributed by atoms with E-state index < -0.39 is 0 Å². The average Bonchev–Trinajstić information content (AvgIpc) is 2.74. The molecule has 1 heterocycles. The molecule has 19 heavy (non-hydrogen) atoms. The van der Waals surface area contributed by atoms with Crippen LogP contribution in [0.1, 0.15) is 5.69 Å². The second kappa shape index (κ2) is 5.63. The fourth-order valence-electron chi connectivity index (χ4n) is 1.90. The zero-order chi connectivity index (χ0) is 14.0. The summed E-state index contributed by atoms with van der Waals surface area (Å²) in [6, 6.07) is 5.70. The van der Waals surface area contributed by atoms with E-state index >= 15 is 0 Å². The molecule has 102 valence electrons. The van der Waals surface area contributed by atoms with Gasteiger partial charge in [-0.3, -0.25) is 0 Å². The Labute approximate surface area is 120 Å². The molecule has 2 aromatic rings. The van der Waals surface area contributed by atoms with E-state index in [-0.39, 0.29) is 0 Å². The summed E-state index contributed by atoms with van der Waals surface area (Å²) in [7, 11) is 5.16. The van der Waals surface area contributed by atoms with Gasteiger partial charge in [0.1, 0.15) is 10.4 Å². The van der Waals surface area contributed by atoms with Crippen molar-refractivity contribution in [3.8, 4) is 22.9 Å². The largest absolute Gasteiger partial charge is 0.493 e. The van der Waals surface area contributed by atoms with Crippen molar-refractivity contribution in [2.45, 2.75) is 6.54 Å². The van der Waals surface area contributed by atoms with Crippen molar-refractivity contribution in [2.24, 2.45) is 12.8 Å². The van der Waals surface area contributed by atoms with Crippen LogP contribution in [0.25, 0.3) is 11.4 Å². The van der Waals surface area contributed by atoms with E-state index in [1.165, 1.54) is 0 Å². The van der Waals surface area contributed by atoms with Gasteiger partial charge in [-0.2, -0.15) is 0 Å². The summed E-state index contributed by atoms with van der Waals surface area (Å²) in [5.74, 6) is 2.19. The SMILES string of the molecule is COc1ccc(-c2nc(CN)c(Br)n2C)cc1OC. The highest BCUT2D eigenvalue weighted by Gasteiger charge is 2.14. The van der Waals surface area contributed by atoms with Gasteiger partial charge in [0.2, 0.25) is 0 Å². The molecule has 0 spiro atoms. The minimum Gasteiger partial charge on any atom is -0.493 e. The van der Waals surface area contributed by atoms with E-state index in [0.717, 1.165) is 21.7 Å². The molecule has 0 fully saturated rings. The molecule has 0 atom stereocenters. The molecule has 0 radical (unpaired) electrons. The van der Waals surface area contributed by atoms with Crippen LogP contribution in [0.3, 0.4) is 0 Å². The molecule has 0 aliphatic carbocycles. The molecule has 2 N–H and O–H groups in total. The van der Waals surface area contributed by atoms with E-state index in [1.807, 2.05) is 29.8 Å². The number of benzene rings is 1. The van der Waals surface area contributed by atoms with Crippen molar-refractivity contribution < 1.29 is 9.47 Å². The predicted octanol–water partition coefficient (Wildman–Crippen LogP) is 2.33. The van der Waals surface area contributed by atoms with E-state index in [1.54, 1.807) is 14.2 Å². The number of hydrogen-bond acceptors (Lipinski definition) is 4. The van der Waals surface area contributed by atoms with Crippen LogP contribution in [-0.4, -0.2) is 23.8 Å². The maximum absolute atomic E-state index is 5.66. The second-order valence-electron chi connectivity index (χ2n) is 4.01. The number of ether oxygens (including phenoxy) is 2. The first kappa shape index (κ1) is 13.9.